The van der Waals surface area contributed by atoms with Crippen LogP contribution in [0.25, 0.3) is 0 Å². The summed E-state index contributed by atoms with van der Waals surface area (Å²) < 4.78 is 30.7. The highest BCUT2D eigenvalue weighted by Gasteiger charge is 2.30. The number of non-ortho nitro benzene ring substituents is 1. The smallest absolute Gasteiger partial charge is 0.271 e. The summed E-state index contributed by atoms with van der Waals surface area (Å²) in [6.07, 6.45) is 0.947. The van der Waals surface area contributed by atoms with Crippen molar-refractivity contribution in [2.45, 2.75) is 25.9 Å². The van der Waals surface area contributed by atoms with Crippen LogP contribution in [0.3, 0.4) is 0 Å². The lowest BCUT2D eigenvalue weighted by atomic mass is 10.1. The highest BCUT2D eigenvalue weighted by molar-refractivity contribution is 7.92. The first kappa shape index (κ1) is 22.2. The van der Waals surface area contributed by atoms with E-state index >= 15 is 0 Å². The molecular formula is C19H23N3O6S. The molecule has 0 aromatic heterocycles. The average molecular weight is 421 g/mol. The molecule has 1 amide bonds. The largest absolute Gasteiger partial charge is 0.497 e. The number of rotatable bonds is 8. The van der Waals surface area contributed by atoms with E-state index in [0.717, 1.165) is 22.2 Å². The Kier molecular flexibility index (Phi) is 6.80. The van der Waals surface area contributed by atoms with Crippen molar-refractivity contribution in [3.8, 4) is 5.75 Å². The molecule has 0 fully saturated rings. The van der Waals surface area contributed by atoms with Crippen LogP contribution in [0.15, 0.2) is 48.5 Å². The summed E-state index contributed by atoms with van der Waals surface area (Å²) >= 11 is 0. The van der Waals surface area contributed by atoms with Crippen LogP contribution in [0.1, 0.15) is 25.5 Å². The number of hydrogen-bond acceptors (Lipinski definition) is 6. The van der Waals surface area contributed by atoms with Gasteiger partial charge in [0.2, 0.25) is 15.9 Å². The molecule has 1 N–H and O–H groups in total. The van der Waals surface area contributed by atoms with Crippen LogP contribution in [0, 0.1) is 10.1 Å². The number of carbonyl (C=O) groups is 1. The van der Waals surface area contributed by atoms with Crippen molar-refractivity contribution in [1.82, 2.24) is 5.32 Å². The van der Waals surface area contributed by atoms with E-state index in [2.05, 4.69) is 5.32 Å². The minimum atomic E-state index is -3.88. The normalized spacial score (nSPS) is 13.2. The van der Waals surface area contributed by atoms with Gasteiger partial charge in [-0.3, -0.25) is 19.2 Å². The number of benzene rings is 2. The molecular weight excluding hydrogens is 398 g/mol. The number of methoxy groups -OCH3 is 1. The predicted molar refractivity (Wildman–Crippen MR) is 109 cm³/mol. The van der Waals surface area contributed by atoms with Crippen LogP contribution in [0.2, 0.25) is 0 Å². The van der Waals surface area contributed by atoms with E-state index in [4.69, 9.17) is 4.74 Å². The Morgan fingerprint density at radius 2 is 1.79 bits per heavy atom. The molecule has 0 aliphatic rings. The maximum absolute atomic E-state index is 12.8. The first-order valence-corrected chi connectivity index (χ1v) is 10.6. The molecule has 0 spiro atoms. The molecule has 2 rings (SSSR count). The second-order valence-electron chi connectivity index (χ2n) is 6.52. The van der Waals surface area contributed by atoms with Gasteiger partial charge in [0, 0.05) is 12.1 Å². The second-order valence-corrected chi connectivity index (χ2v) is 8.37. The van der Waals surface area contributed by atoms with Gasteiger partial charge in [-0.05, 0) is 37.6 Å². The first-order chi connectivity index (χ1) is 13.5. The van der Waals surface area contributed by atoms with Crippen molar-refractivity contribution >= 4 is 27.3 Å². The lowest BCUT2D eigenvalue weighted by Gasteiger charge is -2.29. The number of nitrogens with one attached hydrogen (secondary N) is 1. The van der Waals surface area contributed by atoms with Gasteiger partial charge in [-0.25, -0.2) is 8.42 Å². The molecule has 2 aromatic rings. The van der Waals surface area contributed by atoms with Gasteiger partial charge in [-0.15, -0.1) is 0 Å². The summed E-state index contributed by atoms with van der Waals surface area (Å²) in [5.74, 6) is 0.139. The Bertz CT molecular complexity index is 991. The molecule has 0 aliphatic heterocycles. The molecule has 0 heterocycles. The summed E-state index contributed by atoms with van der Waals surface area (Å²) in [5.41, 5.74) is 0.587. The van der Waals surface area contributed by atoms with Gasteiger partial charge in [0.15, 0.2) is 0 Å². The van der Waals surface area contributed by atoms with Gasteiger partial charge in [-0.1, -0.05) is 18.2 Å². The van der Waals surface area contributed by atoms with Crippen molar-refractivity contribution in [3.63, 3.8) is 0 Å². The van der Waals surface area contributed by atoms with Gasteiger partial charge in [0.25, 0.3) is 5.69 Å². The summed E-state index contributed by atoms with van der Waals surface area (Å²) in [4.78, 5) is 23.2. The van der Waals surface area contributed by atoms with E-state index in [-0.39, 0.29) is 17.4 Å². The van der Waals surface area contributed by atoms with Gasteiger partial charge < -0.3 is 10.1 Å². The van der Waals surface area contributed by atoms with Crippen LogP contribution in [-0.4, -0.2) is 38.7 Å². The molecule has 0 unspecified atom stereocenters. The molecule has 10 heteroatoms. The van der Waals surface area contributed by atoms with Gasteiger partial charge in [0.05, 0.1) is 30.0 Å². The minimum Gasteiger partial charge on any atom is -0.497 e. The summed E-state index contributed by atoms with van der Waals surface area (Å²) in [7, 11) is -2.33. The number of amides is 1. The van der Waals surface area contributed by atoms with Crippen molar-refractivity contribution in [2.75, 3.05) is 17.7 Å². The van der Waals surface area contributed by atoms with Crippen LogP contribution in [0.5, 0.6) is 5.75 Å². The number of nitro groups is 1. The maximum atomic E-state index is 12.8. The van der Waals surface area contributed by atoms with Gasteiger partial charge in [-0.2, -0.15) is 0 Å². The summed E-state index contributed by atoms with van der Waals surface area (Å²) in [6.45, 7) is 3.19. The van der Waals surface area contributed by atoms with Crippen molar-refractivity contribution in [2.24, 2.45) is 0 Å². The molecule has 0 saturated heterocycles. The lowest BCUT2D eigenvalue weighted by Crippen LogP contribution is -2.48. The summed E-state index contributed by atoms with van der Waals surface area (Å²) in [6, 6.07) is 10.8. The number of anilines is 1. The standard InChI is InChI=1S/C19H23N3O6S/c1-13(15-8-10-18(28-3)11-9-15)20-19(23)14(2)21(29(4,26)27)16-6-5-7-17(12-16)22(24)25/h5-14H,1-4H3,(H,20,23)/t13-,14-/m0/s1. The third-order valence-corrected chi connectivity index (χ3v) is 5.60. The van der Waals surface area contributed by atoms with Crippen molar-refractivity contribution in [1.29, 1.82) is 0 Å². The molecule has 0 radical (unpaired) electrons. The molecule has 2 aromatic carbocycles. The summed E-state index contributed by atoms with van der Waals surface area (Å²) in [5, 5.41) is 13.8. The van der Waals surface area contributed by atoms with Crippen molar-refractivity contribution < 1.29 is 22.9 Å². The third-order valence-electron chi connectivity index (χ3n) is 4.36. The maximum Gasteiger partial charge on any atom is 0.271 e. The Hall–Kier alpha value is -3.14. The first-order valence-electron chi connectivity index (χ1n) is 8.72. The van der Waals surface area contributed by atoms with Crippen molar-refractivity contribution in [3.05, 3.63) is 64.2 Å². The fourth-order valence-electron chi connectivity index (χ4n) is 2.86. The number of hydrogen-bond donors (Lipinski definition) is 1. The molecule has 2 atom stereocenters. The van der Waals surface area contributed by atoms with Crippen LogP contribution < -0.4 is 14.4 Å². The number of carbonyl (C=O) groups excluding carboxylic acids is 1. The fourth-order valence-corrected chi connectivity index (χ4v) is 4.03. The van der Waals surface area contributed by atoms with E-state index in [1.807, 2.05) is 0 Å². The minimum absolute atomic E-state index is 0.0430. The highest BCUT2D eigenvalue weighted by Crippen LogP contribution is 2.26. The second kappa shape index (κ2) is 8.91. The lowest BCUT2D eigenvalue weighted by molar-refractivity contribution is -0.384. The molecule has 29 heavy (non-hydrogen) atoms. The Morgan fingerprint density at radius 3 is 2.31 bits per heavy atom. The van der Waals surface area contributed by atoms with Crippen LogP contribution in [0.4, 0.5) is 11.4 Å². The number of nitro benzene ring substituents is 1. The highest BCUT2D eigenvalue weighted by atomic mass is 32.2. The van der Waals surface area contributed by atoms with E-state index in [9.17, 15) is 23.3 Å². The average Bonchev–Trinajstić information content (AvgIpc) is 2.67. The third kappa shape index (κ3) is 5.44. The Labute approximate surface area is 169 Å². The number of nitrogens with zero attached hydrogens (tertiary/aromatic N) is 2. The molecule has 0 saturated carbocycles. The van der Waals surface area contributed by atoms with E-state index in [0.29, 0.717) is 5.75 Å². The molecule has 0 aliphatic carbocycles. The molecule has 156 valence electrons. The number of sulfonamides is 1. The molecule has 0 bridgehead atoms. The topological polar surface area (TPSA) is 119 Å². The zero-order valence-corrected chi connectivity index (χ0v) is 17.3. The van der Waals surface area contributed by atoms with Crippen LogP contribution >= 0.6 is 0 Å². The molecule has 9 nitrogen and oxygen atoms in total. The van der Waals surface area contributed by atoms with Gasteiger partial charge in [0.1, 0.15) is 11.8 Å². The van der Waals surface area contributed by atoms with Crippen LogP contribution in [-0.2, 0) is 14.8 Å². The van der Waals surface area contributed by atoms with E-state index in [1.165, 1.54) is 25.1 Å². The SMILES string of the molecule is COc1ccc([C@H](C)NC(=O)[C@H](C)N(c2cccc([N+](=O)[O-])c2)S(C)(=O)=O)cc1. The van der Waals surface area contributed by atoms with E-state index < -0.39 is 26.9 Å². The predicted octanol–water partition coefficient (Wildman–Crippen LogP) is 2.64. The monoisotopic (exact) mass is 421 g/mol. The van der Waals surface area contributed by atoms with E-state index in [1.54, 1.807) is 38.3 Å². The van der Waals surface area contributed by atoms with Gasteiger partial charge >= 0.3 is 0 Å². The zero-order valence-electron chi connectivity index (χ0n) is 16.5. The Balaban J connectivity index is 2.26. The fraction of sp³-hybridized carbons (Fsp3) is 0.316. The zero-order chi connectivity index (χ0) is 21.8. The quantitative estimate of drug-likeness (QED) is 0.517. The number of ether oxygens (including phenoxy) is 1. The Morgan fingerprint density at radius 1 is 1.17 bits per heavy atom.